The lowest BCUT2D eigenvalue weighted by atomic mass is 10.2. The molecule has 23 heavy (non-hydrogen) atoms. The number of hydrogen-bond donors (Lipinski definition) is 3. The van der Waals surface area contributed by atoms with Gasteiger partial charge >= 0.3 is 5.97 Å². The third-order valence-corrected chi connectivity index (χ3v) is 3.74. The van der Waals surface area contributed by atoms with Crippen molar-refractivity contribution in [1.29, 1.82) is 0 Å². The van der Waals surface area contributed by atoms with Crippen molar-refractivity contribution >= 4 is 58.1 Å². The maximum Gasteiger partial charge on any atom is 0.335 e. The van der Waals surface area contributed by atoms with Gasteiger partial charge in [-0.2, -0.15) is 0 Å². The van der Waals surface area contributed by atoms with Crippen LogP contribution in [-0.4, -0.2) is 22.1 Å². The predicted molar refractivity (Wildman–Crippen MR) is 93.6 cm³/mol. The van der Waals surface area contributed by atoms with Gasteiger partial charge in [-0.3, -0.25) is 10.1 Å². The number of hydrogen-bond acceptors (Lipinski definition) is 3. The maximum atomic E-state index is 12.0. The Morgan fingerprint density at radius 2 is 1.57 bits per heavy atom. The van der Waals surface area contributed by atoms with Crippen LogP contribution in [-0.2, 0) is 0 Å². The zero-order chi connectivity index (χ0) is 17.0. The van der Waals surface area contributed by atoms with Gasteiger partial charge in [-0.1, -0.05) is 23.2 Å². The average molecular weight is 369 g/mol. The molecule has 1 amide bonds. The van der Waals surface area contributed by atoms with Crippen LogP contribution in [0.15, 0.2) is 42.5 Å². The lowest BCUT2D eigenvalue weighted by molar-refractivity contribution is 0.0696. The molecule has 0 atom stereocenters. The summed E-state index contributed by atoms with van der Waals surface area (Å²) in [5.41, 5.74) is 1.01. The Morgan fingerprint density at radius 1 is 0.957 bits per heavy atom. The number of anilines is 1. The van der Waals surface area contributed by atoms with E-state index in [9.17, 15) is 9.59 Å². The Labute approximate surface area is 147 Å². The van der Waals surface area contributed by atoms with Crippen molar-refractivity contribution in [2.45, 2.75) is 0 Å². The summed E-state index contributed by atoms with van der Waals surface area (Å²) >= 11 is 16.7. The van der Waals surface area contributed by atoms with Crippen LogP contribution >= 0.6 is 35.4 Å². The van der Waals surface area contributed by atoms with Crippen molar-refractivity contribution in [3.8, 4) is 0 Å². The predicted octanol–water partition coefficient (Wildman–Crippen LogP) is 3.82. The summed E-state index contributed by atoms with van der Waals surface area (Å²) < 4.78 is 0. The summed E-state index contributed by atoms with van der Waals surface area (Å²) in [6.07, 6.45) is 0. The molecular weight excluding hydrogens is 359 g/mol. The van der Waals surface area contributed by atoms with E-state index in [4.69, 9.17) is 40.5 Å². The van der Waals surface area contributed by atoms with E-state index in [2.05, 4.69) is 10.6 Å². The Kier molecular flexibility index (Phi) is 5.54. The summed E-state index contributed by atoms with van der Waals surface area (Å²) in [5, 5.41) is 14.8. The second-order valence-corrected chi connectivity index (χ2v) is 5.64. The van der Waals surface area contributed by atoms with Gasteiger partial charge in [0.05, 0.1) is 15.6 Å². The van der Waals surface area contributed by atoms with E-state index in [0.29, 0.717) is 16.3 Å². The summed E-state index contributed by atoms with van der Waals surface area (Å²) in [7, 11) is 0. The van der Waals surface area contributed by atoms with Crippen molar-refractivity contribution in [3.63, 3.8) is 0 Å². The van der Waals surface area contributed by atoms with E-state index in [1.54, 1.807) is 12.1 Å². The lowest BCUT2D eigenvalue weighted by Gasteiger charge is -2.10. The second-order valence-electron chi connectivity index (χ2n) is 4.42. The molecule has 0 saturated carbocycles. The molecule has 5 nitrogen and oxygen atoms in total. The topological polar surface area (TPSA) is 78.4 Å². The number of aromatic carboxylic acids is 1. The van der Waals surface area contributed by atoms with Gasteiger partial charge in [-0.05, 0) is 54.7 Å². The molecule has 2 rings (SSSR count). The Hall–Kier alpha value is -2.15. The normalized spacial score (nSPS) is 10.0. The van der Waals surface area contributed by atoms with Crippen molar-refractivity contribution in [2.75, 3.05) is 5.32 Å². The molecule has 0 fully saturated rings. The Morgan fingerprint density at radius 3 is 2.13 bits per heavy atom. The molecule has 0 saturated heterocycles. The first-order valence-corrected chi connectivity index (χ1v) is 7.44. The highest BCUT2D eigenvalue weighted by molar-refractivity contribution is 7.80. The summed E-state index contributed by atoms with van der Waals surface area (Å²) in [6.45, 7) is 0. The van der Waals surface area contributed by atoms with Crippen LogP contribution in [0.1, 0.15) is 20.7 Å². The number of thiocarbonyl (C=S) groups is 1. The molecule has 8 heteroatoms. The molecule has 3 N–H and O–H groups in total. The van der Waals surface area contributed by atoms with Crippen LogP contribution in [0.3, 0.4) is 0 Å². The van der Waals surface area contributed by atoms with E-state index in [1.165, 1.54) is 30.3 Å². The van der Waals surface area contributed by atoms with E-state index in [1.807, 2.05) is 0 Å². The van der Waals surface area contributed by atoms with E-state index < -0.39 is 11.9 Å². The molecule has 0 aromatic heterocycles. The molecule has 0 aliphatic rings. The molecule has 0 aliphatic carbocycles. The maximum absolute atomic E-state index is 12.0. The van der Waals surface area contributed by atoms with Gasteiger partial charge in [0.2, 0.25) is 0 Å². The third-order valence-electron chi connectivity index (χ3n) is 2.80. The molecule has 0 spiro atoms. The number of rotatable bonds is 3. The van der Waals surface area contributed by atoms with Crippen molar-refractivity contribution in [2.24, 2.45) is 0 Å². The summed E-state index contributed by atoms with van der Waals surface area (Å²) in [4.78, 5) is 22.8. The van der Waals surface area contributed by atoms with Crippen molar-refractivity contribution < 1.29 is 14.7 Å². The van der Waals surface area contributed by atoms with Gasteiger partial charge in [0.15, 0.2) is 5.11 Å². The number of nitrogens with one attached hydrogen (secondary N) is 2. The number of carboxylic acid groups (broad SMARTS) is 1. The lowest BCUT2D eigenvalue weighted by Crippen LogP contribution is -2.34. The SMILES string of the molecule is O=C(O)c1ccc(NC(=S)NC(=O)c2ccc(Cl)c(Cl)c2)cc1. The number of halogens is 2. The standard InChI is InChI=1S/C15H10Cl2N2O3S/c16-11-6-3-9(7-12(11)17)13(20)19-15(23)18-10-4-1-8(2-5-10)14(21)22/h1-7H,(H,21,22)(H2,18,19,20,23). The van der Waals surface area contributed by atoms with Crippen LogP contribution < -0.4 is 10.6 Å². The minimum absolute atomic E-state index is 0.0733. The van der Waals surface area contributed by atoms with E-state index >= 15 is 0 Å². The van der Waals surface area contributed by atoms with Crippen LogP contribution in [0, 0.1) is 0 Å². The highest BCUT2D eigenvalue weighted by Gasteiger charge is 2.10. The quantitative estimate of drug-likeness (QED) is 0.717. The Balaban J connectivity index is 1.99. The summed E-state index contributed by atoms with van der Waals surface area (Å²) in [5.74, 6) is -1.46. The zero-order valence-corrected chi connectivity index (χ0v) is 13.8. The molecular formula is C15H10Cl2N2O3S. The van der Waals surface area contributed by atoms with Gasteiger partial charge in [-0.25, -0.2) is 4.79 Å². The highest BCUT2D eigenvalue weighted by atomic mass is 35.5. The second kappa shape index (κ2) is 7.41. The van der Waals surface area contributed by atoms with Gasteiger partial charge in [0, 0.05) is 11.3 Å². The third kappa shape index (κ3) is 4.66. The molecule has 0 unspecified atom stereocenters. The molecule has 118 valence electrons. The molecule has 0 aliphatic heterocycles. The number of carbonyl (C=O) groups excluding carboxylic acids is 1. The first-order valence-electron chi connectivity index (χ1n) is 6.27. The average Bonchev–Trinajstić information content (AvgIpc) is 2.50. The molecule has 2 aromatic rings. The van der Waals surface area contributed by atoms with Gasteiger partial charge in [0.25, 0.3) is 5.91 Å². The van der Waals surface area contributed by atoms with Crippen molar-refractivity contribution in [3.05, 3.63) is 63.6 Å². The molecule has 0 bridgehead atoms. The largest absolute Gasteiger partial charge is 0.478 e. The number of amides is 1. The Bertz CT molecular complexity index is 779. The fraction of sp³-hybridized carbons (Fsp3) is 0. The smallest absolute Gasteiger partial charge is 0.335 e. The van der Waals surface area contributed by atoms with E-state index in [0.717, 1.165) is 0 Å². The van der Waals surface area contributed by atoms with E-state index in [-0.39, 0.29) is 15.7 Å². The first-order chi connectivity index (χ1) is 10.9. The minimum atomic E-state index is -1.02. The summed E-state index contributed by atoms with van der Waals surface area (Å²) in [6, 6.07) is 10.4. The number of benzene rings is 2. The van der Waals surface area contributed by atoms with Gasteiger partial charge < -0.3 is 10.4 Å². The fourth-order valence-electron chi connectivity index (χ4n) is 1.67. The molecule has 0 radical (unpaired) electrons. The van der Waals surface area contributed by atoms with Crippen LogP contribution in [0.25, 0.3) is 0 Å². The van der Waals surface area contributed by atoms with Crippen molar-refractivity contribution in [1.82, 2.24) is 5.32 Å². The highest BCUT2D eigenvalue weighted by Crippen LogP contribution is 2.22. The number of carbonyl (C=O) groups is 2. The zero-order valence-electron chi connectivity index (χ0n) is 11.5. The van der Waals surface area contributed by atoms with Crippen LogP contribution in [0.2, 0.25) is 10.0 Å². The van der Waals surface area contributed by atoms with Gasteiger partial charge in [-0.15, -0.1) is 0 Å². The first kappa shape index (κ1) is 17.2. The van der Waals surface area contributed by atoms with Gasteiger partial charge in [0.1, 0.15) is 0 Å². The molecule has 0 heterocycles. The number of carboxylic acids is 1. The monoisotopic (exact) mass is 368 g/mol. The fourth-order valence-corrected chi connectivity index (χ4v) is 2.18. The minimum Gasteiger partial charge on any atom is -0.478 e. The van der Waals surface area contributed by atoms with Crippen LogP contribution in [0.5, 0.6) is 0 Å². The van der Waals surface area contributed by atoms with Crippen LogP contribution in [0.4, 0.5) is 5.69 Å². The molecule has 2 aromatic carbocycles.